The van der Waals surface area contributed by atoms with E-state index in [2.05, 4.69) is 16.5 Å². The lowest BCUT2D eigenvalue weighted by Crippen LogP contribution is -2.46. The van der Waals surface area contributed by atoms with Crippen molar-refractivity contribution in [3.8, 4) is 0 Å². The van der Waals surface area contributed by atoms with Crippen LogP contribution >= 0.6 is 0 Å². The fraction of sp³-hybridized carbons (Fsp3) is 0.421. The molecule has 1 aliphatic rings. The smallest absolute Gasteiger partial charge is 0.254 e. The fourth-order valence-electron chi connectivity index (χ4n) is 3.31. The first-order chi connectivity index (χ1) is 11.9. The van der Waals surface area contributed by atoms with Gasteiger partial charge in [-0.25, -0.2) is 0 Å². The number of rotatable bonds is 3. The van der Waals surface area contributed by atoms with Crippen LogP contribution < -0.4 is 5.32 Å². The van der Waals surface area contributed by atoms with Crippen molar-refractivity contribution >= 4 is 11.8 Å². The van der Waals surface area contributed by atoms with Gasteiger partial charge in [0.25, 0.3) is 11.8 Å². The second kappa shape index (κ2) is 7.09. The number of hydrogen-bond acceptors (Lipinski definition) is 3. The molecule has 6 nitrogen and oxygen atoms in total. The summed E-state index contributed by atoms with van der Waals surface area (Å²) in [6.07, 6.45) is 4.80. The van der Waals surface area contributed by atoms with E-state index in [9.17, 15) is 9.59 Å². The number of likely N-dealkylation sites (tertiary alicyclic amines) is 1. The van der Waals surface area contributed by atoms with Crippen molar-refractivity contribution in [1.29, 1.82) is 0 Å². The van der Waals surface area contributed by atoms with Gasteiger partial charge < -0.3 is 10.2 Å². The van der Waals surface area contributed by atoms with Crippen LogP contribution in [-0.2, 0) is 7.05 Å². The highest BCUT2D eigenvalue weighted by molar-refractivity contribution is 5.95. The lowest BCUT2D eigenvalue weighted by Gasteiger charge is -2.32. The Hall–Kier alpha value is -2.63. The van der Waals surface area contributed by atoms with E-state index >= 15 is 0 Å². The molecule has 2 amide bonds. The third-order valence-electron chi connectivity index (χ3n) is 4.55. The van der Waals surface area contributed by atoms with Crippen LogP contribution in [0.5, 0.6) is 0 Å². The summed E-state index contributed by atoms with van der Waals surface area (Å²) >= 11 is 0. The molecule has 0 unspecified atom stereocenters. The third-order valence-corrected chi connectivity index (χ3v) is 4.55. The van der Waals surface area contributed by atoms with Gasteiger partial charge in [0.1, 0.15) is 0 Å². The van der Waals surface area contributed by atoms with Crippen molar-refractivity contribution in [1.82, 2.24) is 20.0 Å². The Bertz CT molecular complexity index is 768. The molecule has 0 bridgehead atoms. The van der Waals surface area contributed by atoms with Gasteiger partial charge in [0.2, 0.25) is 0 Å². The van der Waals surface area contributed by atoms with Crippen molar-refractivity contribution in [3.63, 3.8) is 0 Å². The molecule has 1 aromatic heterocycles. The molecule has 2 heterocycles. The lowest BCUT2D eigenvalue weighted by atomic mass is 10.0. The summed E-state index contributed by atoms with van der Waals surface area (Å²) < 4.78 is 1.61. The fourth-order valence-corrected chi connectivity index (χ4v) is 3.31. The van der Waals surface area contributed by atoms with Crippen molar-refractivity contribution in [2.24, 2.45) is 7.05 Å². The molecule has 0 spiro atoms. The SMILES string of the molecule is Cc1cc(C)cc(C(=O)N2CCC(NC(=O)c3cnn(C)c3)CC2)c1. The largest absolute Gasteiger partial charge is 0.349 e. The normalized spacial score (nSPS) is 15.2. The highest BCUT2D eigenvalue weighted by atomic mass is 16.2. The minimum Gasteiger partial charge on any atom is -0.349 e. The van der Waals surface area contributed by atoms with Crippen molar-refractivity contribution < 1.29 is 9.59 Å². The van der Waals surface area contributed by atoms with E-state index in [4.69, 9.17) is 0 Å². The van der Waals surface area contributed by atoms with E-state index in [1.165, 1.54) is 0 Å². The molecule has 25 heavy (non-hydrogen) atoms. The van der Waals surface area contributed by atoms with Gasteiger partial charge in [-0.2, -0.15) is 5.10 Å². The maximum absolute atomic E-state index is 12.7. The Morgan fingerprint density at radius 1 is 1.08 bits per heavy atom. The summed E-state index contributed by atoms with van der Waals surface area (Å²) in [5.74, 6) is -0.0315. The van der Waals surface area contributed by atoms with E-state index in [1.807, 2.05) is 30.9 Å². The molecular formula is C19H24N4O2. The van der Waals surface area contributed by atoms with Gasteiger partial charge in [0, 0.05) is 37.9 Å². The number of nitrogens with zero attached hydrogens (tertiary/aromatic N) is 3. The van der Waals surface area contributed by atoms with Crippen molar-refractivity contribution in [2.45, 2.75) is 32.7 Å². The van der Waals surface area contributed by atoms with Gasteiger partial charge in [-0.3, -0.25) is 14.3 Å². The van der Waals surface area contributed by atoms with Gasteiger partial charge in [-0.15, -0.1) is 0 Å². The number of benzene rings is 1. The molecule has 2 aromatic rings. The molecule has 1 aliphatic heterocycles. The number of nitrogens with one attached hydrogen (secondary N) is 1. The predicted octanol–water partition coefficient (Wildman–Crippen LogP) is 2.07. The van der Waals surface area contributed by atoms with E-state index in [1.54, 1.807) is 24.1 Å². The van der Waals surface area contributed by atoms with Crippen LogP contribution in [0, 0.1) is 13.8 Å². The first-order valence-electron chi connectivity index (χ1n) is 8.59. The summed E-state index contributed by atoms with van der Waals surface area (Å²) in [6, 6.07) is 6.03. The number of amides is 2. The Balaban J connectivity index is 1.56. The van der Waals surface area contributed by atoms with Crippen LogP contribution in [0.15, 0.2) is 30.6 Å². The van der Waals surface area contributed by atoms with Crippen LogP contribution in [0.1, 0.15) is 44.7 Å². The van der Waals surface area contributed by atoms with Gasteiger partial charge in [0.05, 0.1) is 11.8 Å². The Morgan fingerprint density at radius 3 is 2.28 bits per heavy atom. The molecule has 3 rings (SSSR count). The van der Waals surface area contributed by atoms with Crippen LogP contribution in [0.3, 0.4) is 0 Å². The maximum atomic E-state index is 12.7. The van der Waals surface area contributed by atoms with Crippen LogP contribution in [0.4, 0.5) is 0 Å². The van der Waals surface area contributed by atoms with Crippen LogP contribution in [0.2, 0.25) is 0 Å². The average Bonchev–Trinajstić information content (AvgIpc) is 3.00. The van der Waals surface area contributed by atoms with Gasteiger partial charge >= 0.3 is 0 Å². The van der Waals surface area contributed by atoms with Gasteiger partial charge in [-0.05, 0) is 38.8 Å². The topological polar surface area (TPSA) is 67.2 Å². The molecule has 0 atom stereocenters. The first kappa shape index (κ1) is 17.2. The molecule has 1 N–H and O–H groups in total. The highest BCUT2D eigenvalue weighted by Crippen LogP contribution is 2.16. The zero-order valence-electron chi connectivity index (χ0n) is 15.0. The summed E-state index contributed by atoms with van der Waals surface area (Å²) in [7, 11) is 1.79. The molecular weight excluding hydrogens is 316 g/mol. The number of hydrogen-bond donors (Lipinski definition) is 1. The van der Waals surface area contributed by atoms with Crippen molar-refractivity contribution in [2.75, 3.05) is 13.1 Å². The minimum atomic E-state index is -0.104. The predicted molar refractivity (Wildman–Crippen MR) is 95.5 cm³/mol. The molecule has 132 valence electrons. The monoisotopic (exact) mass is 340 g/mol. The maximum Gasteiger partial charge on any atom is 0.254 e. The number of carbonyl (C=O) groups is 2. The third kappa shape index (κ3) is 4.07. The summed E-state index contributed by atoms with van der Waals surface area (Å²) in [5, 5.41) is 7.05. The zero-order chi connectivity index (χ0) is 18.0. The quantitative estimate of drug-likeness (QED) is 0.930. The second-order valence-corrected chi connectivity index (χ2v) is 6.82. The van der Waals surface area contributed by atoms with Gasteiger partial charge in [-0.1, -0.05) is 17.2 Å². The number of piperidine rings is 1. The molecule has 0 saturated carbocycles. The summed E-state index contributed by atoms with van der Waals surface area (Å²) in [6.45, 7) is 5.32. The Labute approximate surface area is 147 Å². The molecule has 1 saturated heterocycles. The van der Waals surface area contributed by atoms with E-state index in [-0.39, 0.29) is 17.9 Å². The van der Waals surface area contributed by atoms with E-state index in [0.29, 0.717) is 18.7 Å². The first-order valence-corrected chi connectivity index (χ1v) is 8.59. The van der Waals surface area contributed by atoms with Gasteiger partial charge in [0.15, 0.2) is 0 Å². The molecule has 1 aromatic carbocycles. The van der Waals surface area contributed by atoms with E-state index in [0.717, 1.165) is 29.5 Å². The zero-order valence-corrected chi connectivity index (χ0v) is 15.0. The van der Waals surface area contributed by atoms with E-state index < -0.39 is 0 Å². The summed E-state index contributed by atoms with van der Waals surface area (Å²) in [4.78, 5) is 26.8. The number of aromatic nitrogens is 2. The van der Waals surface area contributed by atoms with Crippen LogP contribution in [-0.4, -0.2) is 45.6 Å². The number of aryl methyl sites for hydroxylation is 3. The number of carbonyl (C=O) groups excluding carboxylic acids is 2. The Kier molecular flexibility index (Phi) is 4.88. The average molecular weight is 340 g/mol. The Morgan fingerprint density at radius 2 is 1.72 bits per heavy atom. The molecule has 0 aliphatic carbocycles. The second-order valence-electron chi connectivity index (χ2n) is 6.82. The molecule has 1 fully saturated rings. The van der Waals surface area contributed by atoms with Crippen molar-refractivity contribution in [3.05, 3.63) is 52.8 Å². The minimum absolute atomic E-state index is 0.0730. The standard InChI is InChI=1S/C19H24N4O2/c1-13-8-14(2)10-15(9-13)19(25)23-6-4-17(5-7-23)21-18(24)16-11-20-22(3)12-16/h8-12,17H,4-7H2,1-3H3,(H,21,24). The lowest BCUT2D eigenvalue weighted by molar-refractivity contribution is 0.0698. The summed E-state index contributed by atoms with van der Waals surface area (Å²) in [5.41, 5.74) is 3.51. The molecule has 0 radical (unpaired) electrons. The van der Waals surface area contributed by atoms with Crippen LogP contribution in [0.25, 0.3) is 0 Å². The molecule has 6 heteroatoms. The highest BCUT2D eigenvalue weighted by Gasteiger charge is 2.25.